The first-order chi connectivity index (χ1) is 19.0. The molecule has 1 aliphatic carbocycles. The van der Waals surface area contributed by atoms with Gasteiger partial charge < -0.3 is 19.8 Å². The fraction of sp³-hybridized carbons (Fsp3) is 0.448. The van der Waals surface area contributed by atoms with E-state index in [9.17, 15) is 19.0 Å². The molecule has 1 unspecified atom stereocenters. The summed E-state index contributed by atoms with van der Waals surface area (Å²) < 4.78 is 35.3. The molecule has 2 fully saturated rings. The summed E-state index contributed by atoms with van der Waals surface area (Å²) in [6, 6.07) is 5.40. The molecule has 9 nitrogen and oxygen atoms in total. The van der Waals surface area contributed by atoms with Gasteiger partial charge in [0.15, 0.2) is 17.4 Å². The van der Waals surface area contributed by atoms with Crippen molar-refractivity contribution in [1.82, 2.24) is 24.7 Å². The summed E-state index contributed by atoms with van der Waals surface area (Å²) in [5.74, 6) is -0.662. The normalized spacial score (nSPS) is 18.2. The molecular formula is C29H32F2N6O3. The van der Waals surface area contributed by atoms with Crippen molar-refractivity contribution < 1.29 is 23.7 Å². The van der Waals surface area contributed by atoms with Gasteiger partial charge in [-0.15, -0.1) is 0 Å². The summed E-state index contributed by atoms with van der Waals surface area (Å²) in [6.07, 6.45) is 8.53. The van der Waals surface area contributed by atoms with Crippen molar-refractivity contribution in [3.63, 3.8) is 0 Å². The van der Waals surface area contributed by atoms with Gasteiger partial charge in [0.2, 0.25) is 0 Å². The van der Waals surface area contributed by atoms with Crippen LogP contribution in [0.1, 0.15) is 58.2 Å². The number of rotatable bonds is 7. The molecule has 1 aliphatic heterocycles. The molecule has 1 saturated carbocycles. The van der Waals surface area contributed by atoms with Crippen molar-refractivity contribution in [2.75, 3.05) is 18.0 Å². The van der Waals surface area contributed by atoms with E-state index < -0.39 is 22.8 Å². The van der Waals surface area contributed by atoms with Gasteiger partial charge in [0.1, 0.15) is 28.7 Å². The number of anilines is 1. The summed E-state index contributed by atoms with van der Waals surface area (Å²) in [6.45, 7) is 5.74. The number of halogens is 2. The van der Waals surface area contributed by atoms with Gasteiger partial charge >= 0.3 is 0 Å². The number of benzene rings is 1. The lowest BCUT2D eigenvalue weighted by Gasteiger charge is -2.35. The number of ether oxygens (including phenoxy) is 1. The molecule has 4 heterocycles. The Hall–Kier alpha value is -3.70. The van der Waals surface area contributed by atoms with Crippen LogP contribution in [0.15, 0.2) is 42.9 Å². The van der Waals surface area contributed by atoms with Crippen molar-refractivity contribution in [2.24, 2.45) is 0 Å². The fourth-order valence-corrected chi connectivity index (χ4v) is 4.88. The number of aliphatic hydroxyl groups is 2. The predicted octanol–water partition coefficient (Wildman–Crippen LogP) is 4.53. The van der Waals surface area contributed by atoms with E-state index in [0.29, 0.717) is 54.5 Å². The van der Waals surface area contributed by atoms with Crippen molar-refractivity contribution in [3.05, 3.63) is 60.2 Å². The number of pyridine rings is 1. The van der Waals surface area contributed by atoms with Gasteiger partial charge in [0, 0.05) is 43.8 Å². The quantitative estimate of drug-likeness (QED) is 0.346. The zero-order valence-corrected chi connectivity index (χ0v) is 22.7. The number of hydrogen-bond acceptors (Lipinski definition) is 8. The molecule has 0 amide bonds. The van der Waals surface area contributed by atoms with Crippen molar-refractivity contribution >= 4 is 16.9 Å². The van der Waals surface area contributed by atoms with Gasteiger partial charge in [-0.25, -0.2) is 18.7 Å². The first-order valence-corrected chi connectivity index (χ1v) is 13.5. The highest BCUT2D eigenvalue weighted by atomic mass is 19.1. The Morgan fingerprint density at radius 3 is 2.38 bits per heavy atom. The van der Waals surface area contributed by atoms with E-state index in [1.54, 1.807) is 18.5 Å². The molecule has 210 valence electrons. The minimum absolute atomic E-state index is 0.0393. The molecule has 2 aliphatic rings. The molecule has 1 atom stereocenters. The Kier molecular flexibility index (Phi) is 6.46. The first kappa shape index (κ1) is 26.5. The lowest BCUT2D eigenvalue weighted by molar-refractivity contribution is -0.127. The van der Waals surface area contributed by atoms with Gasteiger partial charge in [0.05, 0.1) is 35.2 Å². The summed E-state index contributed by atoms with van der Waals surface area (Å²) in [4.78, 5) is 16.4. The minimum Gasteiger partial charge on any atom is -0.487 e. The van der Waals surface area contributed by atoms with Crippen LogP contribution in [0.25, 0.3) is 22.3 Å². The molecule has 0 bridgehead atoms. The van der Waals surface area contributed by atoms with E-state index in [2.05, 4.69) is 15.0 Å². The third kappa shape index (κ3) is 4.99. The summed E-state index contributed by atoms with van der Waals surface area (Å²) in [7, 11) is 0. The average Bonchev–Trinajstić information content (AvgIpc) is 3.65. The second-order valence-electron chi connectivity index (χ2n) is 11.4. The Labute approximate surface area is 230 Å². The molecule has 1 saturated heterocycles. The van der Waals surface area contributed by atoms with Crippen molar-refractivity contribution in [2.45, 2.75) is 69.8 Å². The summed E-state index contributed by atoms with van der Waals surface area (Å²) >= 11 is 0. The topological polar surface area (TPSA) is 109 Å². The maximum Gasteiger partial charge on any atom is 0.167 e. The van der Waals surface area contributed by atoms with Crippen LogP contribution in [-0.4, -0.2) is 59.7 Å². The van der Waals surface area contributed by atoms with Crippen LogP contribution in [0.5, 0.6) is 5.75 Å². The Balaban J connectivity index is 1.33. The molecule has 3 aromatic heterocycles. The maximum atomic E-state index is 14.1. The highest BCUT2D eigenvalue weighted by molar-refractivity contribution is 5.83. The third-order valence-corrected chi connectivity index (χ3v) is 7.95. The number of nitrogens with zero attached hydrogens (tertiary/aromatic N) is 6. The van der Waals surface area contributed by atoms with Gasteiger partial charge in [-0.3, -0.25) is 9.67 Å². The molecule has 11 heteroatoms. The van der Waals surface area contributed by atoms with E-state index in [4.69, 9.17) is 14.7 Å². The highest BCUT2D eigenvalue weighted by Gasteiger charge is 2.41. The van der Waals surface area contributed by atoms with E-state index >= 15 is 0 Å². The zero-order chi connectivity index (χ0) is 28.2. The molecule has 0 radical (unpaired) electrons. The standard InChI is InChI=1S/C29H32F2N6O3/c1-28(2,38)29(3,39)25-13-22-23(15-32-25)34-26(17-14-33-37(16-17)19-5-6-19)27(35-22)36-10-8-20(9-11-36)40-24-7-4-18(30)12-21(24)31/h4,7,12-16,19-20,38-39H,5-6,8-11H2,1-3H3. The molecular weight excluding hydrogens is 518 g/mol. The van der Waals surface area contributed by atoms with Gasteiger partial charge in [-0.1, -0.05) is 0 Å². The van der Waals surface area contributed by atoms with E-state index in [0.717, 1.165) is 24.5 Å². The minimum atomic E-state index is -1.61. The lowest BCUT2D eigenvalue weighted by Crippen LogP contribution is -2.45. The molecule has 4 aromatic rings. The van der Waals surface area contributed by atoms with E-state index in [1.807, 2.05) is 10.9 Å². The van der Waals surface area contributed by atoms with Crippen molar-refractivity contribution in [3.8, 4) is 17.0 Å². The van der Waals surface area contributed by atoms with Gasteiger partial charge in [-0.05, 0) is 51.8 Å². The molecule has 6 rings (SSSR count). The zero-order valence-electron chi connectivity index (χ0n) is 22.7. The second-order valence-corrected chi connectivity index (χ2v) is 11.4. The smallest absolute Gasteiger partial charge is 0.167 e. The van der Waals surface area contributed by atoms with Crippen LogP contribution in [0, 0.1) is 11.6 Å². The highest BCUT2D eigenvalue weighted by Crippen LogP contribution is 2.38. The molecule has 0 spiro atoms. The third-order valence-electron chi connectivity index (χ3n) is 7.95. The lowest BCUT2D eigenvalue weighted by atomic mass is 9.84. The molecule has 2 N–H and O–H groups in total. The van der Waals surface area contributed by atoms with Crippen molar-refractivity contribution in [1.29, 1.82) is 0 Å². The first-order valence-electron chi connectivity index (χ1n) is 13.5. The van der Waals surface area contributed by atoms with Crippen LogP contribution in [0.4, 0.5) is 14.6 Å². The SMILES string of the molecule is CC(C)(O)C(C)(O)c1cc2nc(N3CCC(Oc4ccc(F)cc4F)CC3)c(-c3cnn(C4CC4)c3)nc2cn1. The Morgan fingerprint density at radius 1 is 0.950 bits per heavy atom. The number of aromatic nitrogens is 5. The van der Waals surface area contributed by atoms with E-state index in [1.165, 1.54) is 32.9 Å². The van der Waals surface area contributed by atoms with Crippen LogP contribution < -0.4 is 9.64 Å². The van der Waals surface area contributed by atoms with Crippen LogP contribution in [0.3, 0.4) is 0 Å². The maximum absolute atomic E-state index is 14.1. The summed E-state index contributed by atoms with van der Waals surface area (Å²) in [5, 5.41) is 26.1. The fourth-order valence-electron chi connectivity index (χ4n) is 4.88. The number of hydrogen-bond donors (Lipinski definition) is 2. The van der Waals surface area contributed by atoms with Crippen LogP contribution >= 0.6 is 0 Å². The second kappa shape index (κ2) is 9.74. The summed E-state index contributed by atoms with van der Waals surface area (Å²) in [5.41, 5.74) is -0.156. The Bertz CT molecular complexity index is 1560. The molecule has 40 heavy (non-hydrogen) atoms. The van der Waals surface area contributed by atoms with Gasteiger partial charge in [0.25, 0.3) is 0 Å². The Morgan fingerprint density at radius 2 is 1.70 bits per heavy atom. The van der Waals surface area contributed by atoms with Crippen LogP contribution in [-0.2, 0) is 5.60 Å². The van der Waals surface area contributed by atoms with E-state index in [-0.39, 0.29) is 17.5 Å². The predicted molar refractivity (Wildman–Crippen MR) is 145 cm³/mol. The monoisotopic (exact) mass is 550 g/mol. The molecule has 1 aromatic carbocycles. The number of fused-ring (bicyclic) bond motifs is 1. The van der Waals surface area contributed by atoms with Crippen LogP contribution in [0.2, 0.25) is 0 Å². The number of piperidine rings is 1. The largest absolute Gasteiger partial charge is 0.487 e. The van der Waals surface area contributed by atoms with Gasteiger partial charge in [-0.2, -0.15) is 5.10 Å². The average molecular weight is 551 g/mol.